The molecule has 0 radical (unpaired) electrons. The van der Waals surface area contributed by atoms with Crippen molar-refractivity contribution in [1.29, 1.82) is 0 Å². The van der Waals surface area contributed by atoms with Crippen LogP contribution in [0.25, 0.3) is 22.2 Å². The van der Waals surface area contributed by atoms with Gasteiger partial charge in [0.25, 0.3) is 5.91 Å². The number of amides is 1. The summed E-state index contributed by atoms with van der Waals surface area (Å²) in [5.41, 5.74) is 4.34. The molecule has 144 valence electrons. The molecule has 0 saturated heterocycles. The first kappa shape index (κ1) is 17.2. The number of carbonyl (C=O) groups is 1. The number of nitrogens with one attached hydrogen (secondary N) is 2. The predicted octanol–water partition coefficient (Wildman–Crippen LogP) is 3.59. The molecule has 7 heteroatoms. The van der Waals surface area contributed by atoms with E-state index in [1.165, 1.54) is 0 Å². The largest absolute Gasteiger partial charge is 0.497 e. The smallest absolute Gasteiger partial charge is 0.268 e. The average Bonchev–Trinajstić information content (AvgIpc) is 3.13. The Morgan fingerprint density at radius 2 is 2.07 bits per heavy atom. The van der Waals surface area contributed by atoms with Crippen LogP contribution >= 0.6 is 0 Å². The van der Waals surface area contributed by atoms with Crippen LogP contribution in [-0.4, -0.2) is 34.1 Å². The fourth-order valence-electron chi connectivity index (χ4n) is 3.62. The van der Waals surface area contributed by atoms with Crippen molar-refractivity contribution < 1.29 is 9.53 Å². The highest BCUT2D eigenvalue weighted by molar-refractivity contribution is 6.00. The normalized spacial score (nSPS) is 13.1. The summed E-state index contributed by atoms with van der Waals surface area (Å²) in [5, 5.41) is 7.19. The Labute approximate surface area is 167 Å². The van der Waals surface area contributed by atoms with E-state index >= 15 is 0 Å². The first-order valence-corrected chi connectivity index (χ1v) is 9.37. The summed E-state index contributed by atoms with van der Waals surface area (Å²) in [5.74, 6) is 1.26. The first-order valence-electron chi connectivity index (χ1n) is 9.37. The summed E-state index contributed by atoms with van der Waals surface area (Å²) >= 11 is 0. The van der Waals surface area contributed by atoms with Gasteiger partial charge in [-0.15, -0.1) is 0 Å². The maximum atomic E-state index is 12.1. The van der Waals surface area contributed by atoms with Crippen molar-refractivity contribution in [3.8, 4) is 17.0 Å². The summed E-state index contributed by atoms with van der Waals surface area (Å²) in [6.07, 6.45) is 1.73. The van der Waals surface area contributed by atoms with Gasteiger partial charge >= 0.3 is 0 Å². The van der Waals surface area contributed by atoms with Crippen LogP contribution in [0, 0.1) is 0 Å². The Hall–Kier alpha value is -3.87. The van der Waals surface area contributed by atoms with E-state index in [0.29, 0.717) is 18.2 Å². The number of methoxy groups -OCH3 is 1. The number of ether oxygens (including phenoxy) is 1. The molecule has 7 nitrogen and oxygen atoms in total. The van der Waals surface area contributed by atoms with Gasteiger partial charge in [-0.2, -0.15) is 0 Å². The Kier molecular flexibility index (Phi) is 4.13. The molecule has 2 aromatic carbocycles. The van der Waals surface area contributed by atoms with E-state index in [0.717, 1.165) is 40.1 Å². The molecule has 4 aromatic rings. The molecule has 0 spiro atoms. The molecule has 2 aromatic heterocycles. The van der Waals surface area contributed by atoms with Crippen molar-refractivity contribution in [2.24, 2.45) is 0 Å². The van der Waals surface area contributed by atoms with Gasteiger partial charge in [-0.3, -0.25) is 4.79 Å². The van der Waals surface area contributed by atoms with Crippen LogP contribution in [0.15, 0.2) is 60.8 Å². The summed E-state index contributed by atoms with van der Waals surface area (Å²) in [7, 11) is 1.65. The van der Waals surface area contributed by atoms with Crippen molar-refractivity contribution in [2.75, 3.05) is 19.0 Å². The quantitative estimate of drug-likeness (QED) is 0.561. The van der Waals surface area contributed by atoms with Crippen molar-refractivity contribution in [3.05, 3.63) is 66.5 Å². The van der Waals surface area contributed by atoms with Gasteiger partial charge in [-0.1, -0.05) is 18.2 Å². The molecule has 1 amide bonds. The second kappa shape index (κ2) is 6.94. The first-order chi connectivity index (χ1) is 14.2. The van der Waals surface area contributed by atoms with Gasteiger partial charge in [0, 0.05) is 35.9 Å². The molecule has 29 heavy (non-hydrogen) atoms. The van der Waals surface area contributed by atoms with Crippen LogP contribution in [0.2, 0.25) is 0 Å². The summed E-state index contributed by atoms with van der Waals surface area (Å²) in [6, 6.07) is 17.5. The number of hydrogen-bond acceptors (Lipinski definition) is 5. The topological polar surface area (TPSA) is 81.1 Å². The number of rotatable bonds is 4. The van der Waals surface area contributed by atoms with Gasteiger partial charge in [0.1, 0.15) is 11.4 Å². The van der Waals surface area contributed by atoms with Crippen LogP contribution in [0.4, 0.5) is 11.6 Å². The molecule has 0 aliphatic carbocycles. The number of carbonyl (C=O) groups excluding carboxylic acids is 1. The Morgan fingerprint density at radius 3 is 2.97 bits per heavy atom. The number of anilines is 2. The van der Waals surface area contributed by atoms with Crippen LogP contribution < -0.4 is 15.4 Å². The van der Waals surface area contributed by atoms with Crippen LogP contribution in [0.5, 0.6) is 5.75 Å². The summed E-state index contributed by atoms with van der Waals surface area (Å²) in [4.78, 5) is 21.1. The minimum absolute atomic E-state index is 0.0312. The second-order valence-electron chi connectivity index (χ2n) is 6.83. The van der Waals surface area contributed by atoms with Crippen LogP contribution in [0.1, 0.15) is 10.5 Å². The minimum atomic E-state index is -0.0312. The van der Waals surface area contributed by atoms with E-state index in [-0.39, 0.29) is 5.91 Å². The standard InChI is InChI=1S/C22H19N5O2/c1-29-17-4-2-3-14(11-17)18-7-8-24-22(26-18)25-16-6-5-15-12-20-21(28)23-9-10-27(20)19(15)13-16/h2-8,11-13H,9-10H2,1H3,(H,23,28)(H,24,25,26). The van der Waals surface area contributed by atoms with Crippen LogP contribution in [0.3, 0.4) is 0 Å². The van der Waals surface area contributed by atoms with E-state index < -0.39 is 0 Å². The highest BCUT2D eigenvalue weighted by atomic mass is 16.5. The molecule has 2 N–H and O–H groups in total. The lowest BCUT2D eigenvalue weighted by Crippen LogP contribution is -2.34. The molecule has 1 aliphatic heterocycles. The lowest BCUT2D eigenvalue weighted by molar-refractivity contribution is 0.0929. The average molecular weight is 385 g/mol. The third kappa shape index (κ3) is 3.16. The third-order valence-corrected chi connectivity index (χ3v) is 5.04. The Bertz CT molecular complexity index is 1230. The number of fused-ring (bicyclic) bond motifs is 3. The highest BCUT2D eigenvalue weighted by Crippen LogP contribution is 2.27. The lowest BCUT2D eigenvalue weighted by Gasteiger charge is -2.16. The predicted molar refractivity (Wildman–Crippen MR) is 112 cm³/mol. The zero-order valence-electron chi connectivity index (χ0n) is 15.8. The van der Waals surface area contributed by atoms with Gasteiger partial charge in [-0.25, -0.2) is 9.97 Å². The second-order valence-corrected chi connectivity index (χ2v) is 6.83. The molecule has 5 rings (SSSR count). The molecular weight excluding hydrogens is 366 g/mol. The zero-order valence-corrected chi connectivity index (χ0v) is 15.8. The number of nitrogens with zero attached hydrogens (tertiary/aromatic N) is 3. The van der Waals surface area contributed by atoms with Gasteiger partial charge < -0.3 is 19.9 Å². The van der Waals surface area contributed by atoms with Gasteiger partial charge in [0.15, 0.2) is 0 Å². The third-order valence-electron chi connectivity index (χ3n) is 5.04. The fourth-order valence-corrected chi connectivity index (χ4v) is 3.62. The maximum Gasteiger partial charge on any atom is 0.268 e. The lowest BCUT2D eigenvalue weighted by atomic mass is 10.1. The van der Waals surface area contributed by atoms with Crippen molar-refractivity contribution in [2.45, 2.75) is 6.54 Å². The maximum absolute atomic E-state index is 12.1. The highest BCUT2D eigenvalue weighted by Gasteiger charge is 2.19. The molecule has 0 saturated carbocycles. The molecule has 0 bridgehead atoms. The van der Waals surface area contributed by atoms with E-state index in [2.05, 4.69) is 20.6 Å². The molecule has 0 fully saturated rings. The van der Waals surface area contributed by atoms with Gasteiger partial charge in [0.05, 0.1) is 18.3 Å². The molecule has 3 heterocycles. The van der Waals surface area contributed by atoms with Crippen molar-refractivity contribution in [1.82, 2.24) is 19.9 Å². The van der Waals surface area contributed by atoms with E-state index in [1.54, 1.807) is 13.3 Å². The number of aromatic nitrogens is 3. The number of hydrogen-bond donors (Lipinski definition) is 2. The van der Waals surface area contributed by atoms with Crippen molar-refractivity contribution >= 4 is 28.4 Å². The van der Waals surface area contributed by atoms with Crippen LogP contribution in [-0.2, 0) is 6.54 Å². The fraction of sp³-hybridized carbons (Fsp3) is 0.136. The molecule has 0 atom stereocenters. The zero-order chi connectivity index (χ0) is 19.8. The SMILES string of the molecule is COc1cccc(-c2ccnc(Nc3ccc4cc5n(c4c3)CCNC5=O)n2)c1. The van der Waals surface area contributed by atoms with Crippen molar-refractivity contribution in [3.63, 3.8) is 0 Å². The van der Waals surface area contributed by atoms with E-state index in [4.69, 9.17) is 4.74 Å². The Balaban J connectivity index is 1.47. The monoisotopic (exact) mass is 385 g/mol. The molecular formula is C22H19N5O2. The molecule has 1 aliphatic rings. The Morgan fingerprint density at radius 1 is 1.14 bits per heavy atom. The summed E-state index contributed by atoms with van der Waals surface area (Å²) in [6.45, 7) is 1.40. The summed E-state index contributed by atoms with van der Waals surface area (Å²) < 4.78 is 7.35. The minimum Gasteiger partial charge on any atom is -0.497 e. The van der Waals surface area contributed by atoms with Gasteiger partial charge in [0.2, 0.25) is 5.95 Å². The van der Waals surface area contributed by atoms with E-state index in [9.17, 15) is 4.79 Å². The van der Waals surface area contributed by atoms with E-state index in [1.807, 2.05) is 59.2 Å². The van der Waals surface area contributed by atoms with Gasteiger partial charge in [-0.05, 0) is 36.4 Å². The molecule has 0 unspecified atom stereocenters. The number of benzene rings is 2.